The zero-order valence-corrected chi connectivity index (χ0v) is 56.1. The number of hydrogen-bond acceptors (Lipinski definition) is 16. The number of aliphatic imine (C=N–C) groups is 1. The molecule has 2 aromatic carbocycles. The number of nitrogens with zero attached hydrogens (tertiary/aromatic N) is 1. The Hall–Kier alpha value is -9.23. The van der Waals surface area contributed by atoms with Crippen molar-refractivity contribution in [3.8, 4) is 0 Å². The van der Waals surface area contributed by atoms with Crippen LogP contribution in [0.4, 0.5) is 0 Å². The molecule has 31 nitrogen and oxygen atoms in total. The number of aromatic nitrogens is 1. The Morgan fingerprint density at radius 3 is 1.68 bits per heavy atom. The lowest BCUT2D eigenvalue weighted by molar-refractivity contribution is -0.142. The first-order chi connectivity index (χ1) is 45.5. The maximum atomic E-state index is 14.8. The topological polar surface area (TPSA) is 524 Å². The average molecular weight is 1350 g/mol. The number of para-hydroxylation sites is 1. The molecule has 3 rings (SSSR count). The van der Waals surface area contributed by atoms with Gasteiger partial charge in [0.15, 0.2) is 5.96 Å². The Kier molecular flexibility index (Phi) is 35.7. The molecule has 0 aliphatic heterocycles. The molecular weight excluding hydrogens is 1240 g/mol. The fourth-order valence-corrected chi connectivity index (χ4v) is 10.2. The third-order valence-electron chi connectivity index (χ3n) is 15.9. The maximum absolute atomic E-state index is 14.8. The van der Waals surface area contributed by atoms with Gasteiger partial charge in [-0.25, -0.2) is 4.79 Å². The second-order valence-corrected chi connectivity index (χ2v) is 24.8. The molecule has 0 saturated carbocycles. The number of rotatable bonds is 45. The first kappa shape index (κ1) is 81.0. The number of benzene rings is 2. The minimum absolute atomic E-state index is 0.0180. The van der Waals surface area contributed by atoms with E-state index in [2.05, 4.69) is 63.1 Å². The number of hydrogen-bond donors (Lipinski definition) is 18. The van der Waals surface area contributed by atoms with Crippen LogP contribution in [0.3, 0.4) is 0 Å². The summed E-state index contributed by atoms with van der Waals surface area (Å²) in [5.74, 6) is -12.2. The van der Waals surface area contributed by atoms with Crippen LogP contribution >= 0.6 is 0 Å². The number of fused-ring (bicyclic) bond motifs is 1. The molecule has 11 atom stereocenters. The summed E-state index contributed by atoms with van der Waals surface area (Å²) in [5.41, 5.74) is 30.0. The van der Waals surface area contributed by atoms with Crippen LogP contribution in [-0.2, 0) is 70.4 Å². The maximum Gasteiger partial charge on any atom is 0.326 e. The highest BCUT2D eigenvalue weighted by Crippen LogP contribution is 2.21. The Morgan fingerprint density at radius 1 is 0.531 bits per heavy atom. The molecule has 0 radical (unpaired) electrons. The number of nitrogens with two attached hydrogens (primary N) is 5. The second kappa shape index (κ2) is 42.3. The fourth-order valence-electron chi connectivity index (χ4n) is 10.2. The van der Waals surface area contributed by atoms with Crippen molar-refractivity contribution in [3.05, 3.63) is 71.9 Å². The van der Waals surface area contributed by atoms with E-state index in [1.165, 1.54) is 6.92 Å². The van der Waals surface area contributed by atoms with E-state index in [0.717, 1.165) is 10.9 Å². The van der Waals surface area contributed by atoms with Crippen LogP contribution < -0.4 is 81.8 Å². The van der Waals surface area contributed by atoms with E-state index >= 15 is 0 Å². The van der Waals surface area contributed by atoms with Gasteiger partial charge in [-0.1, -0.05) is 103 Å². The minimum atomic E-state index is -1.42. The molecule has 1 aromatic heterocycles. The summed E-state index contributed by atoms with van der Waals surface area (Å²) < 4.78 is 0. The quantitative estimate of drug-likeness (QED) is 0.0179. The van der Waals surface area contributed by atoms with E-state index in [-0.39, 0.29) is 76.3 Å². The van der Waals surface area contributed by atoms with Gasteiger partial charge in [0.25, 0.3) is 0 Å². The highest BCUT2D eigenvalue weighted by molar-refractivity contribution is 5.99. The molecule has 1 heterocycles. The van der Waals surface area contributed by atoms with E-state index in [1.807, 2.05) is 12.1 Å². The molecule has 0 unspecified atom stereocenters. The van der Waals surface area contributed by atoms with Gasteiger partial charge in [0.05, 0.1) is 12.6 Å². The van der Waals surface area contributed by atoms with Crippen molar-refractivity contribution in [2.24, 2.45) is 51.4 Å². The Labute approximate surface area is 560 Å². The molecule has 0 saturated heterocycles. The molecule has 0 aliphatic rings. The molecular formula is C65H103N17O14. The highest BCUT2D eigenvalue weighted by Gasteiger charge is 2.37. The number of carbonyl (C=O) groups excluding carboxylic acids is 10. The van der Waals surface area contributed by atoms with Gasteiger partial charge in [-0.2, -0.15) is 0 Å². The first-order valence-corrected chi connectivity index (χ1v) is 32.7. The van der Waals surface area contributed by atoms with Crippen LogP contribution in [-0.4, -0.2) is 179 Å². The van der Waals surface area contributed by atoms with Crippen molar-refractivity contribution < 1.29 is 67.7 Å². The standard InChI is InChI=1S/C65H103N17O14/c1-8-38(6)54(82-61(92)49(32-40-19-10-9-11-20-40)80-58(89)46(26-27-52(84)85)76-56(87)43(68)22-14-16-28-66)63(94)74-39(7)55(86)78-50(33-41-34-72-44-23-13-12-21-42(41)44)59(90)79-48(31-36(2)3)60(91)81-53(37(4)5)62(93)77-45(24-15-17-29-67)57(88)73-35-51(83)75-47(64(95)96)25-18-30-71-65(69)70/h9-13,19-21,23,34,36-39,43,45-50,53-54,72H,8,14-18,22,24-33,35,66-68H2,1-7H3,(H,73,88)(H,74,94)(H,75,83)(H,76,87)(H,77,93)(H,78,86)(H,79,90)(H,80,89)(H,81,91)(H,82,92)(H,84,85)(H,95,96)(H4,69,70,71)/t38-,39-,43-,45-,46-,47-,48-,49-,50-,53-,54-/m0/s1. The summed E-state index contributed by atoms with van der Waals surface area (Å²) in [6.07, 6.45) is 3.42. The summed E-state index contributed by atoms with van der Waals surface area (Å²) in [7, 11) is 0. The number of amides is 10. The van der Waals surface area contributed by atoms with Gasteiger partial charge in [0, 0.05) is 42.9 Å². The Morgan fingerprint density at radius 2 is 1.06 bits per heavy atom. The minimum Gasteiger partial charge on any atom is -0.481 e. The molecule has 96 heavy (non-hydrogen) atoms. The lowest BCUT2D eigenvalue weighted by Gasteiger charge is -2.29. The molecule has 0 spiro atoms. The number of unbranched alkanes of at least 4 members (excludes halogenated alkanes) is 2. The van der Waals surface area contributed by atoms with Gasteiger partial charge in [0.1, 0.15) is 54.4 Å². The summed E-state index contributed by atoms with van der Waals surface area (Å²) in [5, 5.41) is 46.3. The van der Waals surface area contributed by atoms with Crippen molar-refractivity contribution in [2.75, 3.05) is 26.2 Å². The van der Waals surface area contributed by atoms with Crippen molar-refractivity contribution in [3.63, 3.8) is 0 Å². The largest absolute Gasteiger partial charge is 0.481 e. The zero-order chi connectivity index (χ0) is 71.6. The Balaban J connectivity index is 1.90. The van der Waals surface area contributed by atoms with Crippen molar-refractivity contribution in [2.45, 2.75) is 199 Å². The zero-order valence-electron chi connectivity index (χ0n) is 56.1. The lowest BCUT2D eigenvalue weighted by Crippen LogP contribution is -2.61. The number of aromatic amines is 1. The smallest absolute Gasteiger partial charge is 0.326 e. The van der Waals surface area contributed by atoms with Crippen molar-refractivity contribution >= 4 is 87.9 Å². The van der Waals surface area contributed by atoms with E-state index in [9.17, 15) is 67.7 Å². The Bertz CT molecular complexity index is 3090. The summed E-state index contributed by atoms with van der Waals surface area (Å²) in [6.45, 7) is 11.8. The molecule has 23 N–H and O–H groups in total. The summed E-state index contributed by atoms with van der Waals surface area (Å²) in [6, 6.07) is 2.70. The SMILES string of the molecule is CC[C@H](C)[C@H](NC(=O)[C@H](Cc1ccccc1)NC(=O)[C@H](CCC(=O)O)NC(=O)[C@@H](N)CCCCN)C(=O)N[C@@H](C)C(=O)N[C@@H](Cc1c[nH]c2ccccc12)C(=O)N[C@@H](CC(C)C)C(=O)N[C@H](C(=O)N[C@@H](CCCCN)C(=O)NCC(=O)N[C@@H](CCCN=C(N)N)C(=O)O)C(C)C. The third-order valence-corrected chi connectivity index (χ3v) is 15.9. The van der Waals surface area contributed by atoms with Gasteiger partial charge < -0.3 is 97.0 Å². The number of guanidine groups is 1. The van der Waals surface area contributed by atoms with Crippen LogP contribution in [0.25, 0.3) is 10.9 Å². The van der Waals surface area contributed by atoms with Gasteiger partial charge >= 0.3 is 11.9 Å². The molecule has 532 valence electrons. The average Bonchev–Trinajstić information content (AvgIpc) is 1.57. The van der Waals surface area contributed by atoms with Crippen LogP contribution in [0, 0.1) is 17.8 Å². The van der Waals surface area contributed by atoms with Crippen LogP contribution in [0.2, 0.25) is 0 Å². The van der Waals surface area contributed by atoms with Gasteiger partial charge in [0.2, 0.25) is 59.1 Å². The number of nitrogens with one attached hydrogen (secondary N) is 11. The first-order valence-electron chi connectivity index (χ1n) is 32.7. The normalized spacial score (nSPS) is 14.7. The van der Waals surface area contributed by atoms with Gasteiger partial charge in [-0.05, 0) is 113 Å². The number of carboxylic acids is 2. The van der Waals surface area contributed by atoms with Crippen LogP contribution in [0.15, 0.2) is 65.8 Å². The van der Waals surface area contributed by atoms with E-state index in [0.29, 0.717) is 49.8 Å². The van der Waals surface area contributed by atoms with Crippen LogP contribution in [0.5, 0.6) is 0 Å². The van der Waals surface area contributed by atoms with E-state index in [1.54, 1.807) is 90.2 Å². The fraction of sp³-hybridized carbons (Fsp3) is 0.585. The summed E-state index contributed by atoms with van der Waals surface area (Å²) in [4.78, 5) is 171. The molecule has 0 fully saturated rings. The third kappa shape index (κ3) is 28.8. The summed E-state index contributed by atoms with van der Waals surface area (Å²) >= 11 is 0. The molecule has 3 aromatic rings. The van der Waals surface area contributed by atoms with Gasteiger partial charge in [-0.3, -0.25) is 57.7 Å². The predicted octanol–water partition coefficient (Wildman–Crippen LogP) is -1.21. The van der Waals surface area contributed by atoms with Crippen LogP contribution in [0.1, 0.15) is 137 Å². The number of H-pyrrole nitrogens is 1. The highest BCUT2D eigenvalue weighted by atomic mass is 16.4. The monoisotopic (exact) mass is 1350 g/mol. The van der Waals surface area contributed by atoms with Gasteiger partial charge in [-0.15, -0.1) is 0 Å². The predicted molar refractivity (Wildman–Crippen MR) is 360 cm³/mol. The number of carbonyl (C=O) groups is 12. The number of carboxylic acid groups (broad SMARTS) is 2. The van der Waals surface area contributed by atoms with Crippen molar-refractivity contribution in [1.29, 1.82) is 0 Å². The molecule has 31 heteroatoms. The van der Waals surface area contributed by atoms with Crippen molar-refractivity contribution in [1.82, 2.24) is 58.2 Å². The second-order valence-electron chi connectivity index (χ2n) is 24.8. The molecule has 0 aliphatic carbocycles. The van der Waals surface area contributed by atoms with E-state index < -0.39 is 156 Å². The van der Waals surface area contributed by atoms with E-state index in [4.69, 9.17) is 28.7 Å². The molecule has 10 amide bonds. The number of aliphatic carboxylic acids is 2. The molecule has 0 bridgehead atoms. The lowest BCUT2D eigenvalue weighted by atomic mass is 9.96.